The lowest BCUT2D eigenvalue weighted by atomic mass is 10.3. The number of hydrogen-bond acceptors (Lipinski definition) is 1. The normalized spacial score (nSPS) is 17.2. The fourth-order valence-corrected chi connectivity index (χ4v) is 1.51. The zero-order chi connectivity index (χ0) is 7.68. The van der Waals surface area contributed by atoms with Crippen molar-refractivity contribution in [3.63, 3.8) is 0 Å². The molecule has 0 spiro atoms. The highest BCUT2D eigenvalue weighted by atomic mass is 79.9. The van der Waals surface area contributed by atoms with Crippen LogP contribution >= 0.6 is 15.9 Å². The smallest absolute Gasteiger partial charge is 0.0632 e. The van der Waals surface area contributed by atoms with Crippen LogP contribution in [0.1, 0.15) is 19.3 Å². The van der Waals surface area contributed by atoms with Crippen molar-refractivity contribution in [1.29, 1.82) is 0 Å². The van der Waals surface area contributed by atoms with Crippen molar-refractivity contribution in [3.8, 4) is 0 Å². The molecule has 0 aromatic carbocycles. The molecule has 2 nitrogen and oxygen atoms in total. The Morgan fingerprint density at radius 2 is 2.45 bits per heavy atom. The van der Waals surface area contributed by atoms with E-state index < -0.39 is 0 Å². The number of halogens is 1. The SMILES string of the molecule is Brc1cnn(CCC2CC2)c1. The summed E-state index contributed by atoms with van der Waals surface area (Å²) in [4.78, 5) is 0. The van der Waals surface area contributed by atoms with Gasteiger partial charge in [-0.1, -0.05) is 12.8 Å². The molecule has 1 saturated carbocycles. The lowest BCUT2D eigenvalue weighted by molar-refractivity contribution is 0.546. The van der Waals surface area contributed by atoms with E-state index in [9.17, 15) is 0 Å². The molecule has 11 heavy (non-hydrogen) atoms. The summed E-state index contributed by atoms with van der Waals surface area (Å²) in [5.41, 5.74) is 0. The van der Waals surface area contributed by atoms with Crippen LogP contribution in [0, 0.1) is 5.92 Å². The van der Waals surface area contributed by atoms with Gasteiger partial charge in [0, 0.05) is 12.7 Å². The predicted octanol–water partition coefficient (Wildman–Crippen LogP) is 2.45. The molecule has 0 N–H and O–H groups in total. The van der Waals surface area contributed by atoms with Crippen molar-refractivity contribution in [2.75, 3.05) is 0 Å². The highest BCUT2D eigenvalue weighted by Crippen LogP contribution is 2.32. The molecule has 0 aliphatic heterocycles. The van der Waals surface area contributed by atoms with E-state index >= 15 is 0 Å². The standard InChI is InChI=1S/C8H11BrN2/c9-8-5-10-11(6-8)4-3-7-1-2-7/h5-7H,1-4H2. The van der Waals surface area contributed by atoms with Gasteiger partial charge in [-0.3, -0.25) is 4.68 Å². The van der Waals surface area contributed by atoms with E-state index in [1.54, 1.807) is 0 Å². The van der Waals surface area contributed by atoms with Crippen molar-refractivity contribution in [1.82, 2.24) is 9.78 Å². The average molecular weight is 215 g/mol. The maximum absolute atomic E-state index is 4.19. The molecule has 3 heteroatoms. The van der Waals surface area contributed by atoms with Crippen molar-refractivity contribution in [3.05, 3.63) is 16.9 Å². The van der Waals surface area contributed by atoms with Gasteiger partial charge >= 0.3 is 0 Å². The molecule has 0 unspecified atom stereocenters. The van der Waals surface area contributed by atoms with E-state index in [0.717, 1.165) is 16.9 Å². The van der Waals surface area contributed by atoms with Gasteiger partial charge in [0.1, 0.15) is 0 Å². The van der Waals surface area contributed by atoms with Crippen LogP contribution < -0.4 is 0 Å². The van der Waals surface area contributed by atoms with Crippen LogP contribution in [0.5, 0.6) is 0 Å². The Labute approximate surface area is 74.7 Å². The summed E-state index contributed by atoms with van der Waals surface area (Å²) in [5, 5.41) is 4.19. The monoisotopic (exact) mass is 214 g/mol. The van der Waals surface area contributed by atoms with Crippen LogP contribution in [0.15, 0.2) is 16.9 Å². The number of hydrogen-bond donors (Lipinski definition) is 0. The van der Waals surface area contributed by atoms with Crippen molar-refractivity contribution < 1.29 is 0 Å². The van der Waals surface area contributed by atoms with Gasteiger partial charge in [-0.2, -0.15) is 5.10 Å². The van der Waals surface area contributed by atoms with E-state index in [2.05, 4.69) is 21.0 Å². The minimum atomic E-state index is 0.998. The van der Waals surface area contributed by atoms with Crippen molar-refractivity contribution in [2.45, 2.75) is 25.8 Å². The second-order valence-electron chi connectivity index (χ2n) is 3.15. The van der Waals surface area contributed by atoms with Crippen LogP contribution in [0.2, 0.25) is 0 Å². The van der Waals surface area contributed by atoms with Gasteiger partial charge < -0.3 is 0 Å². The van der Waals surface area contributed by atoms with Gasteiger partial charge in [-0.25, -0.2) is 0 Å². The minimum absolute atomic E-state index is 0.998. The first kappa shape index (κ1) is 7.35. The molecular formula is C8H11BrN2. The number of nitrogens with zero attached hydrogens (tertiary/aromatic N) is 2. The summed E-state index contributed by atoms with van der Waals surface area (Å²) in [6.07, 6.45) is 8.04. The third-order valence-corrected chi connectivity index (χ3v) is 2.47. The molecule has 0 bridgehead atoms. The van der Waals surface area contributed by atoms with E-state index in [1.807, 2.05) is 17.1 Å². The van der Waals surface area contributed by atoms with Crippen LogP contribution in [0.25, 0.3) is 0 Å². The molecule has 2 rings (SSSR count). The topological polar surface area (TPSA) is 17.8 Å². The summed E-state index contributed by atoms with van der Waals surface area (Å²) in [7, 11) is 0. The molecule has 0 atom stereocenters. The van der Waals surface area contributed by atoms with Crippen LogP contribution in [0.4, 0.5) is 0 Å². The second-order valence-corrected chi connectivity index (χ2v) is 4.07. The summed E-state index contributed by atoms with van der Waals surface area (Å²) < 4.78 is 3.08. The largest absolute Gasteiger partial charge is 0.272 e. The van der Waals surface area contributed by atoms with Gasteiger partial charge in [0.05, 0.1) is 10.7 Å². The Kier molecular flexibility index (Phi) is 1.98. The molecule has 1 aliphatic rings. The Hall–Kier alpha value is -0.310. The predicted molar refractivity (Wildman–Crippen MR) is 47.3 cm³/mol. The molecule has 0 amide bonds. The summed E-state index contributed by atoms with van der Waals surface area (Å²) in [5.74, 6) is 0.998. The molecule has 1 fully saturated rings. The maximum Gasteiger partial charge on any atom is 0.0632 e. The highest BCUT2D eigenvalue weighted by Gasteiger charge is 2.20. The number of rotatable bonds is 3. The molecule has 1 aromatic rings. The first-order chi connectivity index (χ1) is 5.34. The van der Waals surface area contributed by atoms with Crippen LogP contribution in [-0.4, -0.2) is 9.78 Å². The first-order valence-corrected chi connectivity index (χ1v) is 4.82. The lowest BCUT2D eigenvalue weighted by Gasteiger charge is -1.97. The van der Waals surface area contributed by atoms with Gasteiger partial charge in [0.2, 0.25) is 0 Å². The zero-order valence-electron chi connectivity index (χ0n) is 6.33. The van der Waals surface area contributed by atoms with Crippen LogP contribution in [-0.2, 0) is 6.54 Å². The van der Waals surface area contributed by atoms with E-state index in [-0.39, 0.29) is 0 Å². The van der Waals surface area contributed by atoms with Gasteiger partial charge in [-0.05, 0) is 28.3 Å². The van der Waals surface area contributed by atoms with Crippen molar-refractivity contribution >= 4 is 15.9 Å². The average Bonchev–Trinajstić information content (AvgIpc) is 2.72. The Bertz CT molecular complexity index is 240. The van der Waals surface area contributed by atoms with E-state index in [1.165, 1.54) is 19.3 Å². The Morgan fingerprint density at radius 1 is 1.64 bits per heavy atom. The molecule has 60 valence electrons. The molecular weight excluding hydrogens is 204 g/mol. The van der Waals surface area contributed by atoms with Crippen LogP contribution in [0.3, 0.4) is 0 Å². The van der Waals surface area contributed by atoms with E-state index in [0.29, 0.717) is 0 Å². The summed E-state index contributed by atoms with van der Waals surface area (Å²) >= 11 is 3.37. The number of aromatic nitrogens is 2. The fraction of sp³-hybridized carbons (Fsp3) is 0.625. The molecule has 1 heterocycles. The van der Waals surface area contributed by atoms with Gasteiger partial charge in [-0.15, -0.1) is 0 Å². The first-order valence-electron chi connectivity index (χ1n) is 4.02. The molecule has 0 saturated heterocycles. The second kappa shape index (κ2) is 2.97. The fourth-order valence-electron chi connectivity index (χ4n) is 1.18. The Morgan fingerprint density at radius 3 is 3.00 bits per heavy atom. The lowest BCUT2D eigenvalue weighted by Crippen LogP contribution is -1.98. The maximum atomic E-state index is 4.19. The van der Waals surface area contributed by atoms with E-state index in [4.69, 9.17) is 0 Å². The molecule has 1 aromatic heterocycles. The quantitative estimate of drug-likeness (QED) is 0.757. The minimum Gasteiger partial charge on any atom is -0.272 e. The number of aryl methyl sites for hydroxylation is 1. The van der Waals surface area contributed by atoms with Gasteiger partial charge in [0.15, 0.2) is 0 Å². The summed E-state index contributed by atoms with van der Waals surface area (Å²) in [6.45, 7) is 1.08. The van der Waals surface area contributed by atoms with Gasteiger partial charge in [0.25, 0.3) is 0 Å². The molecule has 1 aliphatic carbocycles. The Balaban J connectivity index is 1.85. The highest BCUT2D eigenvalue weighted by molar-refractivity contribution is 9.10. The third kappa shape index (κ3) is 2.06. The molecule has 0 radical (unpaired) electrons. The zero-order valence-corrected chi connectivity index (χ0v) is 7.92. The third-order valence-electron chi connectivity index (χ3n) is 2.07. The summed E-state index contributed by atoms with van der Waals surface area (Å²) in [6, 6.07) is 0. The van der Waals surface area contributed by atoms with Crippen molar-refractivity contribution in [2.24, 2.45) is 5.92 Å².